The Hall–Kier alpha value is -4.15. The third kappa shape index (κ3) is 6.42. The van der Waals surface area contributed by atoms with Crippen molar-refractivity contribution in [3.63, 3.8) is 0 Å². The highest BCUT2D eigenvalue weighted by Crippen LogP contribution is 2.39. The first kappa shape index (κ1) is 23.1. The van der Waals surface area contributed by atoms with E-state index in [1.807, 2.05) is 6.92 Å². The average Bonchev–Trinajstić information content (AvgIpc) is 2.73. The van der Waals surface area contributed by atoms with Gasteiger partial charge >= 0.3 is 11.7 Å². The minimum Gasteiger partial charge on any atom is -0.490 e. The van der Waals surface area contributed by atoms with E-state index in [1.165, 1.54) is 19.2 Å². The van der Waals surface area contributed by atoms with Gasteiger partial charge in [0.25, 0.3) is 5.91 Å². The van der Waals surface area contributed by atoms with Crippen LogP contribution in [0.4, 0.5) is 5.69 Å². The number of hydrazone groups is 1. The van der Waals surface area contributed by atoms with Gasteiger partial charge in [0.2, 0.25) is 5.75 Å². The van der Waals surface area contributed by atoms with E-state index < -0.39 is 22.5 Å². The van der Waals surface area contributed by atoms with Crippen LogP contribution in [0.3, 0.4) is 0 Å². The molecule has 0 radical (unpaired) electrons. The Morgan fingerprint density at radius 3 is 2.39 bits per heavy atom. The van der Waals surface area contributed by atoms with Gasteiger partial charge in [-0.15, -0.1) is 0 Å². The number of carbonyl (C=O) groups is 2. The largest absolute Gasteiger partial charge is 0.490 e. The van der Waals surface area contributed by atoms with Crippen LogP contribution in [0.2, 0.25) is 0 Å². The summed E-state index contributed by atoms with van der Waals surface area (Å²) in [5.74, 6) is -0.710. The van der Waals surface area contributed by atoms with E-state index in [9.17, 15) is 19.7 Å². The molecule has 0 spiro atoms. The number of ether oxygens (including phenoxy) is 4. The van der Waals surface area contributed by atoms with E-state index in [2.05, 4.69) is 10.5 Å². The van der Waals surface area contributed by atoms with Crippen molar-refractivity contribution in [1.29, 1.82) is 0 Å². The molecule has 0 atom stereocenters. The monoisotopic (exact) mass is 431 g/mol. The van der Waals surface area contributed by atoms with Crippen LogP contribution in [0.1, 0.15) is 19.4 Å². The predicted octanol–water partition coefficient (Wildman–Crippen LogP) is 2.46. The van der Waals surface area contributed by atoms with E-state index >= 15 is 0 Å². The summed E-state index contributed by atoms with van der Waals surface area (Å²) in [4.78, 5) is 33.9. The first-order chi connectivity index (χ1) is 14.9. The fourth-order valence-electron chi connectivity index (χ4n) is 2.49. The smallest absolute Gasteiger partial charge is 0.323 e. The van der Waals surface area contributed by atoms with Crippen LogP contribution >= 0.6 is 0 Å². The predicted molar refractivity (Wildman–Crippen MR) is 110 cm³/mol. The summed E-state index contributed by atoms with van der Waals surface area (Å²) in [6.45, 7) is 3.07. The molecule has 0 saturated heterocycles. The summed E-state index contributed by atoms with van der Waals surface area (Å²) < 4.78 is 20.8. The number of nitrogens with one attached hydrogen (secondary N) is 1. The molecule has 0 heterocycles. The molecule has 1 N–H and O–H groups in total. The van der Waals surface area contributed by atoms with Crippen LogP contribution in [-0.4, -0.2) is 43.3 Å². The van der Waals surface area contributed by atoms with Crippen LogP contribution in [0.5, 0.6) is 23.0 Å². The second kappa shape index (κ2) is 11.1. The number of nitrogens with zero attached hydrogens (tertiary/aromatic N) is 2. The van der Waals surface area contributed by atoms with Gasteiger partial charge in [-0.25, -0.2) is 5.43 Å². The lowest BCUT2D eigenvalue weighted by Gasteiger charge is -2.11. The Morgan fingerprint density at radius 2 is 1.81 bits per heavy atom. The Labute approximate surface area is 177 Å². The quantitative estimate of drug-likeness (QED) is 0.199. The summed E-state index contributed by atoms with van der Waals surface area (Å²) in [5.41, 5.74) is 1.78. The minimum atomic E-state index is -0.706. The molecule has 0 bridgehead atoms. The van der Waals surface area contributed by atoms with E-state index in [0.29, 0.717) is 18.1 Å². The third-order valence-electron chi connectivity index (χ3n) is 3.67. The van der Waals surface area contributed by atoms with Gasteiger partial charge in [0.15, 0.2) is 23.9 Å². The minimum absolute atomic E-state index is 0.0284. The lowest BCUT2D eigenvalue weighted by molar-refractivity contribution is -0.385. The number of methoxy groups -OCH3 is 1. The Kier molecular flexibility index (Phi) is 8.31. The normalized spacial score (nSPS) is 10.4. The second-order valence-electron chi connectivity index (χ2n) is 5.85. The number of rotatable bonds is 10. The summed E-state index contributed by atoms with van der Waals surface area (Å²) in [7, 11) is 1.20. The zero-order valence-corrected chi connectivity index (χ0v) is 17.1. The molecule has 0 aliphatic heterocycles. The van der Waals surface area contributed by atoms with Crippen LogP contribution in [0.15, 0.2) is 41.5 Å². The van der Waals surface area contributed by atoms with Gasteiger partial charge in [-0.3, -0.25) is 19.7 Å². The fourth-order valence-corrected chi connectivity index (χ4v) is 2.49. The molecule has 0 aliphatic carbocycles. The summed E-state index contributed by atoms with van der Waals surface area (Å²) in [6, 6.07) is 9.51. The van der Waals surface area contributed by atoms with Gasteiger partial charge in [-0.05, 0) is 31.2 Å². The molecule has 11 nitrogen and oxygen atoms in total. The van der Waals surface area contributed by atoms with E-state index in [1.54, 1.807) is 24.3 Å². The molecule has 2 aromatic rings. The number of esters is 1. The number of benzene rings is 2. The topological polar surface area (TPSA) is 139 Å². The van der Waals surface area contributed by atoms with Crippen LogP contribution < -0.4 is 24.4 Å². The molecule has 2 aromatic carbocycles. The number of amides is 1. The summed E-state index contributed by atoms with van der Waals surface area (Å²) in [5, 5.41) is 15.2. The lowest BCUT2D eigenvalue weighted by Crippen LogP contribution is -2.24. The van der Waals surface area contributed by atoms with Crippen molar-refractivity contribution in [3.8, 4) is 23.0 Å². The van der Waals surface area contributed by atoms with Crippen molar-refractivity contribution in [2.45, 2.75) is 13.8 Å². The first-order valence-corrected chi connectivity index (χ1v) is 9.07. The Balaban J connectivity index is 2.09. The van der Waals surface area contributed by atoms with Crippen molar-refractivity contribution in [1.82, 2.24) is 5.43 Å². The number of carbonyl (C=O) groups excluding carboxylic acids is 2. The van der Waals surface area contributed by atoms with Gasteiger partial charge < -0.3 is 18.9 Å². The van der Waals surface area contributed by atoms with Crippen molar-refractivity contribution in [2.75, 3.05) is 20.3 Å². The van der Waals surface area contributed by atoms with Gasteiger partial charge in [-0.2, -0.15) is 5.10 Å². The van der Waals surface area contributed by atoms with Gasteiger partial charge in [0.1, 0.15) is 0 Å². The molecule has 2 rings (SSSR count). The lowest BCUT2D eigenvalue weighted by atomic mass is 10.1. The molecule has 31 heavy (non-hydrogen) atoms. The summed E-state index contributed by atoms with van der Waals surface area (Å²) in [6.07, 6.45) is 1.07. The number of para-hydroxylation sites is 2. The van der Waals surface area contributed by atoms with Crippen molar-refractivity contribution < 1.29 is 33.5 Å². The summed E-state index contributed by atoms with van der Waals surface area (Å²) >= 11 is 0. The highest BCUT2D eigenvalue weighted by Gasteiger charge is 2.25. The molecule has 11 heteroatoms. The Bertz CT molecular complexity index is 990. The molecular formula is C20H21N3O8. The molecule has 0 fully saturated rings. The van der Waals surface area contributed by atoms with Crippen molar-refractivity contribution >= 4 is 23.8 Å². The highest BCUT2D eigenvalue weighted by molar-refractivity contribution is 5.90. The zero-order valence-electron chi connectivity index (χ0n) is 17.1. The molecule has 0 unspecified atom stereocenters. The first-order valence-electron chi connectivity index (χ1n) is 9.07. The molecule has 164 valence electrons. The van der Waals surface area contributed by atoms with E-state index in [-0.39, 0.29) is 23.7 Å². The molecule has 1 amide bonds. The maximum atomic E-state index is 12.0. The molecule has 0 aromatic heterocycles. The van der Waals surface area contributed by atoms with Crippen LogP contribution in [-0.2, 0) is 9.59 Å². The number of hydrogen-bond donors (Lipinski definition) is 1. The Morgan fingerprint density at radius 1 is 1.13 bits per heavy atom. The van der Waals surface area contributed by atoms with Crippen molar-refractivity contribution in [3.05, 3.63) is 52.1 Å². The van der Waals surface area contributed by atoms with Gasteiger partial charge in [0.05, 0.1) is 30.4 Å². The average molecular weight is 431 g/mol. The van der Waals surface area contributed by atoms with E-state index in [0.717, 1.165) is 13.1 Å². The zero-order chi connectivity index (χ0) is 22.8. The van der Waals surface area contributed by atoms with Crippen LogP contribution in [0, 0.1) is 10.1 Å². The van der Waals surface area contributed by atoms with Crippen LogP contribution in [0.25, 0.3) is 0 Å². The third-order valence-corrected chi connectivity index (χ3v) is 3.67. The second-order valence-corrected chi connectivity index (χ2v) is 5.85. The highest BCUT2D eigenvalue weighted by atomic mass is 16.6. The number of nitro benzene ring substituents is 1. The maximum absolute atomic E-state index is 12.0. The van der Waals surface area contributed by atoms with Gasteiger partial charge in [-0.1, -0.05) is 12.1 Å². The van der Waals surface area contributed by atoms with Crippen molar-refractivity contribution in [2.24, 2.45) is 5.10 Å². The maximum Gasteiger partial charge on any atom is 0.323 e. The number of hydrogen-bond acceptors (Lipinski definition) is 9. The SMILES string of the molecule is CCOc1ccccc1OCC(=O)NN=Cc1ccc(OC(C)=O)c(OC)c1[N+](=O)[O-]. The number of nitro groups is 1. The molecule has 0 aliphatic rings. The molecule has 0 saturated carbocycles. The standard InChI is InChI=1S/C20H21N3O8/c1-4-29-15-7-5-6-8-16(15)30-12-18(25)22-21-11-14-9-10-17(31-13(2)24)20(28-3)19(14)23(26)27/h5-11H,4,12H2,1-3H3,(H,22,25). The van der Waals surface area contributed by atoms with Gasteiger partial charge in [0, 0.05) is 6.92 Å². The molecular weight excluding hydrogens is 410 g/mol. The fraction of sp³-hybridized carbons (Fsp3) is 0.250. The van der Waals surface area contributed by atoms with E-state index in [4.69, 9.17) is 18.9 Å².